The molecule has 0 heterocycles. The number of fused-ring (bicyclic) bond motifs is 1. The van der Waals surface area contributed by atoms with Crippen LogP contribution in [0.15, 0.2) is 18.2 Å². The quantitative estimate of drug-likeness (QED) is 0.595. The molecule has 132 valence electrons. The van der Waals surface area contributed by atoms with Crippen molar-refractivity contribution >= 4 is 12.0 Å². The van der Waals surface area contributed by atoms with Crippen LogP contribution in [-0.2, 0) is 22.4 Å². The van der Waals surface area contributed by atoms with Gasteiger partial charge in [-0.3, -0.25) is 4.79 Å². The topological polar surface area (TPSA) is 67.4 Å². The summed E-state index contributed by atoms with van der Waals surface area (Å²) in [6, 6.07) is 6.28. The third kappa shape index (κ3) is 5.55. The van der Waals surface area contributed by atoms with Crippen LogP contribution < -0.4 is 10.6 Å². The van der Waals surface area contributed by atoms with Crippen molar-refractivity contribution in [2.45, 2.75) is 58.4 Å². The summed E-state index contributed by atoms with van der Waals surface area (Å²) in [4.78, 5) is 23.2. The van der Waals surface area contributed by atoms with Crippen LogP contribution in [0.2, 0.25) is 0 Å². The van der Waals surface area contributed by atoms with E-state index >= 15 is 0 Å². The maximum atomic E-state index is 11.9. The summed E-state index contributed by atoms with van der Waals surface area (Å²) in [5.41, 5.74) is 4.00. The lowest BCUT2D eigenvalue weighted by Gasteiger charge is -2.20. The Kier molecular flexibility index (Phi) is 7.09. The molecule has 1 atom stereocenters. The molecule has 2 rings (SSSR count). The molecular formula is C19H28N2O3. The van der Waals surface area contributed by atoms with Crippen molar-refractivity contribution in [3.05, 3.63) is 34.9 Å². The van der Waals surface area contributed by atoms with Crippen molar-refractivity contribution in [2.24, 2.45) is 0 Å². The molecular weight excluding hydrogens is 304 g/mol. The zero-order valence-electron chi connectivity index (χ0n) is 14.7. The monoisotopic (exact) mass is 332 g/mol. The number of hydrogen-bond acceptors (Lipinski definition) is 3. The number of carbonyl (C=O) groups is 2. The third-order valence-electron chi connectivity index (χ3n) is 4.37. The van der Waals surface area contributed by atoms with Crippen LogP contribution in [0, 0.1) is 0 Å². The molecule has 24 heavy (non-hydrogen) atoms. The third-order valence-corrected chi connectivity index (χ3v) is 4.37. The van der Waals surface area contributed by atoms with Crippen LogP contribution in [0.3, 0.4) is 0 Å². The number of hydrogen-bond donors (Lipinski definition) is 2. The molecule has 0 bridgehead atoms. The molecule has 0 saturated heterocycles. The van der Waals surface area contributed by atoms with E-state index in [2.05, 4.69) is 28.8 Å². The molecule has 1 unspecified atom stereocenters. The van der Waals surface area contributed by atoms with E-state index in [9.17, 15) is 9.59 Å². The highest BCUT2D eigenvalue weighted by Gasteiger charge is 2.14. The lowest BCUT2D eigenvalue weighted by molar-refractivity contribution is -0.143. The fourth-order valence-electron chi connectivity index (χ4n) is 3.02. The second-order valence-corrected chi connectivity index (χ2v) is 6.27. The number of carbonyl (C=O) groups excluding carboxylic acids is 2. The molecule has 1 aliphatic rings. The second-order valence-electron chi connectivity index (χ2n) is 6.27. The number of esters is 1. The van der Waals surface area contributed by atoms with Crippen molar-refractivity contribution in [3.8, 4) is 0 Å². The zero-order chi connectivity index (χ0) is 17.4. The lowest BCUT2D eigenvalue weighted by Crippen LogP contribution is -2.37. The molecule has 0 aliphatic heterocycles. The Hall–Kier alpha value is -2.04. The SMILES string of the molecule is CCOC(=O)CCCNC(=O)NC(C)c1ccc2c(c1)CCCC2. The van der Waals surface area contributed by atoms with Crippen LogP contribution in [0.1, 0.15) is 62.3 Å². The molecule has 0 radical (unpaired) electrons. The summed E-state index contributed by atoms with van der Waals surface area (Å²) in [5.74, 6) is -0.220. The van der Waals surface area contributed by atoms with Crippen LogP contribution in [0.5, 0.6) is 0 Å². The van der Waals surface area contributed by atoms with Crippen LogP contribution in [0.25, 0.3) is 0 Å². The molecule has 5 heteroatoms. The average Bonchev–Trinajstić information content (AvgIpc) is 2.58. The van der Waals surface area contributed by atoms with Crippen molar-refractivity contribution in [2.75, 3.05) is 13.2 Å². The summed E-state index contributed by atoms with van der Waals surface area (Å²) in [6.07, 6.45) is 5.73. The van der Waals surface area contributed by atoms with E-state index in [1.54, 1.807) is 6.92 Å². The number of nitrogens with one attached hydrogen (secondary N) is 2. The highest BCUT2D eigenvalue weighted by molar-refractivity contribution is 5.74. The number of amides is 2. The number of aryl methyl sites for hydroxylation is 2. The van der Waals surface area contributed by atoms with Gasteiger partial charge in [0.15, 0.2) is 0 Å². The molecule has 2 N–H and O–H groups in total. The first kappa shape index (κ1) is 18.3. The number of rotatable bonds is 7. The van der Waals surface area contributed by atoms with E-state index in [-0.39, 0.29) is 18.0 Å². The first-order valence-corrected chi connectivity index (χ1v) is 8.92. The Bertz CT molecular complexity index is 572. The van der Waals surface area contributed by atoms with E-state index in [0.717, 1.165) is 12.0 Å². The first-order chi connectivity index (χ1) is 11.6. The molecule has 1 aliphatic carbocycles. The van der Waals surface area contributed by atoms with Crippen molar-refractivity contribution in [1.82, 2.24) is 10.6 Å². The maximum absolute atomic E-state index is 11.9. The van der Waals surface area contributed by atoms with Crippen LogP contribution in [0.4, 0.5) is 4.79 Å². The van der Waals surface area contributed by atoms with Gasteiger partial charge < -0.3 is 15.4 Å². The predicted octanol–water partition coefficient (Wildman–Crippen LogP) is 3.27. The summed E-state index contributed by atoms with van der Waals surface area (Å²) < 4.78 is 4.85. The van der Waals surface area contributed by atoms with Crippen LogP contribution in [-0.4, -0.2) is 25.2 Å². The first-order valence-electron chi connectivity index (χ1n) is 8.92. The molecule has 2 amide bonds. The molecule has 1 aromatic rings. The standard InChI is InChI=1S/C19H28N2O3/c1-3-24-18(22)9-6-12-20-19(23)21-14(2)16-11-10-15-7-4-5-8-17(15)13-16/h10-11,13-14H,3-9,12H2,1-2H3,(H2,20,21,23). The van der Waals surface area contributed by atoms with Crippen molar-refractivity contribution in [3.63, 3.8) is 0 Å². The van der Waals surface area contributed by atoms with E-state index in [1.807, 2.05) is 6.92 Å². The van der Waals surface area contributed by atoms with Gasteiger partial charge in [0.25, 0.3) is 0 Å². The van der Waals surface area contributed by atoms with E-state index in [4.69, 9.17) is 4.74 Å². The number of urea groups is 1. The Morgan fingerprint density at radius 2 is 1.96 bits per heavy atom. The van der Waals surface area contributed by atoms with E-state index < -0.39 is 0 Å². The Morgan fingerprint density at radius 3 is 2.71 bits per heavy atom. The predicted molar refractivity (Wildman–Crippen MR) is 93.9 cm³/mol. The Morgan fingerprint density at radius 1 is 1.21 bits per heavy atom. The number of ether oxygens (including phenoxy) is 1. The smallest absolute Gasteiger partial charge is 0.315 e. The largest absolute Gasteiger partial charge is 0.466 e. The minimum Gasteiger partial charge on any atom is -0.466 e. The summed E-state index contributed by atoms with van der Waals surface area (Å²) >= 11 is 0. The second kappa shape index (κ2) is 9.30. The molecule has 0 spiro atoms. The Labute approximate surface area is 144 Å². The van der Waals surface area contributed by atoms with Gasteiger partial charge in [-0.05, 0) is 62.6 Å². The van der Waals surface area contributed by atoms with Gasteiger partial charge in [-0.25, -0.2) is 4.79 Å². The van der Waals surface area contributed by atoms with Gasteiger partial charge in [0.2, 0.25) is 0 Å². The van der Waals surface area contributed by atoms with Gasteiger partial charge in [-0.1, -0.05) is 18.2 Å². The molecule has 0 fully saturated rings. The molecule has 0 aromatic heterocycles. The van der Waals surface area contributed by atoms with Crippen molar-refractivity contribution in [1.29, 1.82) is 0 Å². The fraction of sp³-hybridized carbons (Fsp3) is 0.579. The van der Waals surface area contributed by atoms with Gasteiger partial charge in [0, 0.05) is 13.0 Å². The molecule has 1 aromatic carbocycles. The maximum Gasteiger partial charge on any atom is 0.315 e. The van der Waals surface area contributed by atoms with Crippen molar-refractivity contribution < 1.29 is 14.3 Å². The van der Waals surface area contributed by atoms with E-state index in [0.29, 0.717) is 26.0 Å². The van der Waals surface area contributed by atoms with Gasteiger partial charge >= 0.3 is 12.0 Å². The van der Waals surface area contributed by atoms with Gasteiger partial charge in [0.05, 0.1) is 12.6 Å². The molecule has 5 nitrogen and oxygen atoms in total. The van der Waals surface area contributed by atoms with Gasteiger partial charge in [-0.2, -0.15) is 0 Å². The van der Waals surface area contributed by atoms with Gasteiger partial charge in [0.1, 0.15) is 0 Å². The average molecular weight is 332 g/mol. The molecule has 0 saturated carbocycles. The Balaban J connectivity index is 1.74. The zero-order valence-corrected chi connectivity index (χ0v) is 14.7. The highest BCUT2D eigenvalue weighted by Crippen LogP contribution is 2.24. The van der Waals surface area contributed by atoms with Gasteiger partial charge in [-0.15, -0.1) is 0 Å². The summed E-state index contributed by atoms with van der Waals surface area (Å²) in [6.45, 7) is 4.63. The fourth-order valence-corrected chi connectivity index (χ4v) is 3.02. The van der Waals surface area contributed by atoms with E-state index in [1.165, 1.54) is 30.4 Å². The normalized spacial score (nSPS) is 14.4. The van der Waals surface area contributed by atoms with Crippen LogP contribution >= 0.6 is 0 Å². The minimum absolute atomic E-state index is 0.0396. The highest BCUT2D eigenvalue weighted by atomic mass is 16.5. The summed E-state index contributed by atoms with van der Waals surface area (Å²) in [7, 11) is 0. The number of benzene rings is 1. The minimum atomic E-state index is -0.220. The lowest BCUT2D eigenvalue weighted by atomic mass is 9.89. The summed E-state index contributed by atoms with van der Waals surface area (Å²) in [5, 5.41) is 5.74.